The molecule has 9 heteroatoms. The van der Waals surface area contributed by atoms with Gasteiger partial charge in [0, 0.05) is 22.9 Å². The summed E-state index contributed by atoms with van der Waals surface area (Å²) in [6.45, 7) is 5.72. The number of hydrogen-bond acceptors (Lipinski definition) is 7. The summed E-state index contributed by atoms with van der Waals surface area (Å²) in [6.07, 6.45) is 2.15. The number of ether oxygens (including phenoxy) is 1. The van der Waals surface area contributed by atoms with Crippen LogP contribution < -0.4 is 15.7 Å². The number of benzene rings is 1. The van der Waals surface area contributed by atoms with E-state index in [9.17, 15) is 14.9 Å². The molecule has 0 aliphatic carbocycles. The largest absolute Gasteiger partial charge is 0.487 e. The Labute approximate surface area is 143 Å². The Morgan fingerprint density at radius 3 is 2.84 bits per heavy atom. The normalized spacial score (nSPS) is 10.8. The van der Waals surface area contributed by atoms with E-state index in [1.807, 2.05) is 6.92 Å². The van der Waals surface area contributed by atoms with Crippen molar-refractivity contribution in [3.8, 4) is 5.75 Å². The lowest BCUT2D eigenvalue weighted by molar-refractivity contribution is -0.385. The van der Waals surface area contributed by atoms with Gasteiger partial charge in [-0.25, -0.2) is 10.4 Å². The van der Waals surface area contributed by atoms with Crippen LogP contribution in [0.2, 0.25) is 0 Å². The molecule has 2 aromatic rings. The molecule has 0 aliphatic heterocycles. The molecule has 0 saturated heterocycles. The van der Waals surface area contributed by atoms with E-state index in [0.29, 0.717) is 23.4 Å². The Kier molecular flexibility index (Phi) is 5.83. The number of aromatic amines is 1. The van der Waals surface area contributed by atoms with Crippen LogP contribution in [-0.4, -0.2) is 27.7 Å². The first kappa shape index (κ1) is 18.1. The summed E-state index contributed by atoms with van der Waals surface area (Å²) in [6, 6.07) is 4.55. The van der Waals surface area contributed by atoms with E-state index >= 15 is 0 Å². The molecular weight excluding hydrogens is 326 g/mol. The Balaban J connectivity index is 2.17. The summed E-state index contributed by atoms with van der Waals surface area (Å²) in [5.41, 5.74) is 3.86. The highest BCUT2D eigenvalue weighted by molar-refractivity contribution is 5.82. The van der Waals surface area contributed by atoms with E-state index in [4.69, 9.17) is 4.74 Å². The van der Waals surface area contributed by atoms with Crippen molar-refractivity contribution < 1.29 is 9.66 Å². The van der Waals surface area contributed by atoms with Gasteiger partial charge in [0.2, 0.25) is 5.95 Å². The summed E-state index contributed by atoms with van der Waals surface area (Å²) in [5, 5.41) is 15.1. The van der Waals surface area contributed by atoms with Gasteiger partial charge in [-0.2, -0.15) is 5.10 Å². The van der Waals surface area contributed by atoms with Gasteiger partial charge in [-0.05, 0) is 32.4 Å². The summed E-state index contributed by atoms with van der Waals surface area (Å²) >= 11 is 0. The first-order valence-corrected chi connectivity index (χ1v) is 7.70. The molecule has 25 heavy (non-hydrogen) atoms. The minimum atomic E-state index is -0.502. The summed E-state index contributed by atoms with van der Waals surface area (Å²) < 4.78 is 5.36. The third-order valence-corrected chi connectivity index (χ3v) is 3.42. The number of nitrogens with zero attached hydrogens (tertiary/aromatic N) is 3. The fourth-order valence-electron chi connectivity index (χ4n) is 1.96. The lowest BCUT2D eigenvalue weighted by Gasteiger charge is -2.06. The van der Waals surface area contributed by atoms with Crippen LogP contribution in [0, 0.1) is 24.0 Å². The molecule has 0 fully saturated rings. The molecule has 2 N–H and O–H groups in total. The summed E-state index contributed by atoms with van der Waals surface area (Å²) in [5.74, 6) is 0.416. The zero-order chi connectivity index (χ0) is 18.4. The number of aromatic nitrogens is 2. The molecule has 0 atom stereocenters. The predicted molar refractivity (Wildman–Crippen MR) is 94.4 cm³/mol. The molecule has 132 valence electrons. The van der Waals surface area contributed by atoms with Crippen LogP contribution in [0.4, 0.5) is 11.6 Å². The third-order valence-electron chi connectivity index (χ3n) is 3.42. The molecule has 1 heterocycles. The Bertz CT molecular complexity index is 860. The number of hydrazone groups is 1. The smallest absolute Gasteiger partial charge is 0.311 e. The predicted octanol–water partition coefficient (Wildman–Crippen LogP) is 2.53. The van der Waals surface area contributed by atoms with Crippen molar-refractivity contribution in [3.63, 3.8) is 0 Å². The number of nitro groups is 1. The van der Waals surface area contributed by atoms with Crippen LogP contribution in [0.5, 0.6) is 5.75 Å². The zero-order valence-electron chi connectivity index (χ0n) is 14.2. The molecule has 0 unspecified atom stereocenters. The first-order chi connectivity index (χ1) is 11.9. The molecule has 1 aromatic heterocycles. The molecule has 2 rings (SSSR count). The van der Waals surface area contributed by atoms with Gasteiger partial charge >= 0.3 is 5.69 Å². The van der Waals surface area contributed by atoms with E-state index in [-0.39, 0.29) is 22.9 Å². The monoisotopic (exact) mass is 345 g/mol. The number of nitro benzene ring substituents is 1. The van der Waals surface area contributed by atoms with E-state index < -0.39 is 4.92 Å². The van der Waals surface area contributed by atoms with Crippen LogP contribution in [0.15, 0.2) is 28.1 Å². The fourth-order valence-corrected chi connectivity index (χ4v) is 1.96. The molecule has 1 aromatic carbocycles. The first-order valence-electron chi connectivity index (χ1n) is 7.70. The number of H-pyrrole nitrogens is 1. The average molecular weight is 345 g/mol. The van der Waals surface area contributed by atoms with Gasteiger partial charge in [0.15, 0.2) is 5.75 Å². The van der Waals surface area contributed by atoms with Gasteiger partial charge in [-0.15, -0.1) is 0 Å². The van der Waals surface area contributed by atoms with Crippen molar-refractivity contribution in [3.05, 3.63) is 55.5 Å². The maximum atomic E-state index is 11.7. The van der Waals surface area contributed by atoms with E-state index in [0.717, 1.165) is 6.42 Å². The maximum absolute atomic E-state index is 11.7. The SMILES string of the molecule is CCCOc1ccc(/C=N\Nc2nc(C)c(C)c(=O)[nH]2)cc1[N+](=O)[O-]. The van der Waals surface area contributed by atoms with Crippen molar-refractivity contribution in [2.75, 3.05) is 12.0 Å². The minimum Gasteiger partial charge on any atom is -0.487 e. The van der Waals surface area contributed by atoms with Crippen molar-refractivity contribution in [2.45, 2.75) is 27.2 Å². The lowest BCUT2D eigenvalue weighted by Crippen LogP contribution is -2.15. The highest BCUT2D eigenvalue weighted by Crippen LogP contribution is 2.27. The molecule has 9 nitrogen and oxygen atoms in total. The maximum Gasteiger partial charge on any atom is 0.311 e. The second-order valence-electron chi connectivity index (χ2n) is 5.33. The summed E-state index contributed by atoms with van der Waals surface area (Å²) in [4.78, 5) is 29.0. The number of hydrogen-bond donors (Lipinski definition) is 2. The molecule has 0 saturated carbocycles. The Morgan fingerprint density at radius 1 is 1.44 bits per heavy atom. The minimum absolute atomic E-state index is 0.130. The van der Waals surface area contributed by atoms with Crippen LogP contribution in [0.3, 0.4) is 0 Å². The van der Waals surface area contributed by atoms with E-state index in [1.54, 1.807) is 19.9 Å². The molecule has 0 radical (unpaired) electrons. The highest BCUT2D eigenvalue weighted by Gasteiger charge is 2.15. The fraction of sp³-hybridized carbons (Fsp3) is 0.312. The molecule has 0 spiro atoms. The van der Waals surface area contributed by atoms with Gasteiger partial charge < -0.3 is 4.74 Å². The number of aryl methyl sites for hydroxylation is 1. The lowest BCUT2D eigenvalue weighted by atomic mass is 10.2. The second kappa shape index (κ2) is 8.04. The molecular formula is C16H19N5O4. The van der Waals surface area contributed by atoms with Gasteiger partial charge in [0.25, 0.3) is 5.56 Å². The van der Waals surface area contributed by atoms with Crippen LogP contribution >= 0.6 is 0 Å². The quantitative estimate of drug-likeness (QED) is 0.451. The Hall–Kier alpha value is -3.23. The third kappa shape index (κ3) is 4.63. The van der Waals surface area contributed by atoms with Crippen molar-refractivity contribution in [1.82, 2.24) is 9.97 Å². The van der Waals surface area contributed by atoms with E-state index in [1.165, 1.54) is 18.3 Å². The van der Waals surface area contributed by atoms with Gasteiger partial charge in [0.1, 0.15) is 0 Å². The van der Waals surface area contributed by atoms with Gasteiger partial charge in [-0.1, -0.05) is 6.92 Å². The standard InChI is InChI=1S/C16H19N5O4/c1-4-7-25-14-6-5-12(8-13(14)21(23)24)9-17-20-16-18-11(3)10(2)15(22)19-16/h5-6,8-9H,4,7H2,1-3H3,(H2,18,19,20,22)/b17-9-. The van der Waals surface area contributed by atoms with Gasteiger partial charge in [-0.3, -0.25) is 19.9 Å². The van der Waals surface area contributed by atoms with Crippen LogP contribution in [0.1, 0.15) is 30.2 Å². The molecule has 0 bridgehead atoms. The van der Waals surface area contributed by atoms with Crippen molar-refractivity contribution >= 4 is 17.9 Å². The Morgan fingerprint density at radius 2 is 2.20 bits per heavy atom. The molecule has 0 aliphatic rings. The second-order valence-corrected chi connectivity index (χ2v) is 5.33. The number of anilines is 1. The van der Waals surface area contributed by atoms with Gasteiger partial charge in [0.05, 0.1) is 17.7 Å². The topological polar surface area (TPSA) is 123 Å². The number of rotatable bonds is 7. The van der Waals surface area contributed by atoms with Crippen molar-refractivity contribution in [2.24, 2.45) is 5.10 Å². The highest BCUT2D eigenvalue weighted by atomic mass is 16.6. The zero-order valence-corrected chi connectivity index (χ0v) is 14.2. The van der Waals surface area contributed by atoms with Crippen LogP contribution in [-0.2, 0) is 0 Å². The summed E-state index contributed by atoms with van der Waals surface area (Å²) in [7, 11) is 0. The van der Waals surface area contributed by atoms with E-state index in [2.05, 4.69) is 20.5 Å². The average Bonchev–Trinajstić information content (AvgIpc) is 2.58. The van der Waals surface area contributed by atoms with Crippen LogP contribution in [0.25, 0.3) is 0 Å². The number of nitrogens with one attached hydrogen (secondary N) is 2. The van der Waals surface area contributed by atoms with Crippen molar-refractivity contribution in [1.29, 1.82) is 0 Å². The molecule has 0 amide bonds.